The van der Waals surface area contributed by atoms with E-state index in [4.69, 9.17) is 37.4 Å². The van der Waals surface area contributed by atoms with Crippen LogP contribution in [0.2, 0.25) is 10.0 Å². The van der Waals surface area contributed by atoms with Crippen LogP contribution in [0.15, 0.2) is 34.9 Å². The number of ether oxygens (including phenoxy) is 1. The van der Waals surface area contributed by atoms with Gasteiger partial charge in [0.1, 0.15) is 11.5 Å². The third kappa shape index (κ3) is 4.02. The average molecular weight is 551 g/mol. The van der Waals surface area contributed by atoms with Crippen LogP contribution in [0.5, 0.6) is 0 Å². The molecular weight excluding hydrogens is 527 g/mol. The van der Waals surface area contributed by atoms with Gasteiger partial charge in [0.2, 0.25) is 0 Å². The van der Waals surface area contributed by atoms with Gasteiger partial charge in [-0.25, -0.2) is 4.98 Å². The fraction of sp³-hybridized carbons (Fsp3) is 0.393. The molecule has 2 saturated carbocycles. The van der Waals surface area contributed by atoms with Gasteiger partial charge in [0.25, 0.3) is 0 Å². The lowest BCUT2D eigenvalue weighted by Gasteiger charge is -2.31. The lowest BCUT2D eigenvalue weighted by Crippen LogP contribution is -2.38. The molecule has 4 aromatic rings. The Hall–Kier alpha value is -2.63. The molecule has 0 radical (unpaired) electrons. The Kier molecular flexibility index (Phi) is 5.71. The molecule has 3 fully saturated rings. The van der Waals surface area contributed by atoms with Gasteiger partial charge in [-0.2, -0.15) is 5.26 Å². The van der Waals surface area contributed by atoms with Gasteiger partial charge in [-0.05, 0) is 62.4 Å². The Labute approximate surface area is 228 Å². The standard InChI is InChI=1S/C28H24Cl2N4O2S/c1-14-7-15(11-31)8-23-25(14)32-28(37-23)34-12-17-9-18(34)10-22(17)35-13-19-26(33-36-27(19)16-5-6-16)24-20(29)3-2-4-21(24)30/h2-4,7-8,16-18,22H,5-6,9-10,12-13H2,1H3/t17-,18-,22+/m0/s1. The van der Waals surface area contributed by atoms with Crippen molar-refractivity contribution in [1.29, 1.82) is 5.26 Å². The number of benzene rings is 2. The summed E-state index contributed by atoms with van der Waals surface area (Å²) in [6, 6.07) is 12.0. The maximum atomic E-state index is 9.32. The third-order valence-corrected chi connectivity index (χ3v) is 9.60. The minimum atomic E-state index is 0.180. The molecule has 3 atom stereocenters. The van der Waals surface area contributed by atoms with Gasteiger partial charge in [-0.3, -0.25) is 0 Å². The first-order valence-corrected chi connectivity index (χ1v) is 14.2. The molecule has 0 unspecified atom stereocenters. The Morgan fingerprint density at radius 2 is 2.03 bits per heavy atom. The molecule has 7 rings (SSSR count). The van der Waals surface area contributed by atoms with Gasteiger partial charge in [0, 0.05) is 35.5 Å². The van der Waals surface area contributed by atoms with Crippen molar-refractivity contribution in [2.75, 3.05) is 11.4 Å². The molecular formula is C28H24Cl2N4O2S. The van der Waals surface area contributed by atoms with Gasteiger partial charge in [0.05, 0.1) is 44.6 Å². The summed E-state index contributed by atoms with van der Waals surface area (Å²) in [4.78, 5) is 7.38. The van der Waals surface area contributed by atoms with Crippen LogP contribution in [0.4, 0.5) is 5.13 Å². The number of aryl methyl sites for hydroxylation is 1. The molecule has 37 heavy (non-hydrogen) atoms. The number of halogens is 2. The second-order valence-electron chi connectivity index (χ2n) is 10.4. The molecule has 188 valence electrons. The maximum Gasteiger partial charge on any atom is 0.186 e. The van der Waals surface area contributed by atoms with Gasteiger partial charge < -0.3 is 14.2 Å². The smallest absolute Gasteiger partial charge is 0.186 e. The summed E-state index contributed by atoms with van der Waals surface area (Å²) >= 11 is 14.7. The molecule has 1 saturated heterocycles. The van der Waals surface area contributed by atoms with E-state index < -0.39 is 0 Å². The lowest BCUT2D eigenvalue weighted by atomic mass is 10.0. The number of piperidine rings is 1. The number of nitriles is 1. The van der Waals surface area contributed by atoms with Crippen LogP contribution in [0.25, 0.3) is 21.5 Å². The van der Waals surface area contributed by atoms with Crippen LogP contribution in [0.3, 0.4) is 0 Å². The Balaban J connectivity index is 1.09. The van der Waals surface area contributed by atoms with Crippen LogP contribution < -0.4 is 4.90 Å². The number of rotatable bonds is 6. The van der Waals surface area contributed by atoms with E-state index in [1.165, 1.54) is 0 Å². The van der Waals surface area contributed by atoms with Gasteiger partial charge in [-0.1, -0.05) is 45.8 Å². The largest absolute Gasteiger partial charge is 0.373 e. The van der Waals surface area contributed by atoms with E-state index in [1.54, 1.807) is 11.3 Å². The normalized spacial score (nSPS) is 22.8. The number of hydrogen-bond donors (Lipinski definition) is 0. The van der Waals surface area contributed by atoms with Crippen molar-refractivity contribution >= 4 is 49.9 Å². The number of aromatic nitrogens is 2. The molecule has 9 heteroatoms. The number of thiazole rings is 1. The van der Waals surface area contributed by atoms with Crippen LogP contribution in [0.1, 0.15) is 54.1 Å². The zero-order valence-corrected chi connectivity index (χ0v) is 22.5. The van der Waals surface area contributed by atoms with E-state index in [-0.39, 0.29) is 6.10 Å². The number of nitrogens with zero attached hydrogens (tertiary/aromatic N) is 4. The van der Waals surface area contributed by atoms with E-state index >= 15 is 0 Å². The monoisotopic (exact) mass is 550 g/mol. The Morgan fingerprint density at radius 3 is 2.73 bits per heavy atom. The predicted octanol–water partition coefficient (Wildman–Crippen LogP) is 7.50. The molecule has 3 heterocycles. The van der Waals surface area contributed by atoms with Crippen LogP contribution in [-0.2, 0) is 11.3 Å². The van der Waals surface area contributed by atoms with Gasteiger partial charge >= 0.3 is 0 Å². The van der Waals surface area contributed by atoms with Crippen molar-refractivity contribution in [3.63, 3.8) is 0 Å². The summed E-state index contributed by atoms with van der Waals surface area (Å²) in [5.74, 6) is 1.77. The molecule has 6 nitrogen and oxygen atoms in total. The summed E-state index contributed by atoms with van der Waals surface area (Å²) in [7, 11) is 0. The van der Waals surface area contributed by atoms with E-state index in [1.807, 2.05) is 37.3 Å². The lowest BCUT2D eigenvalue weighted by molar-refractivity contribution is 0.0122. The molecule has 2 aliphatic carbocycles. The quantitative estimate of drug-likeness (QED) is 0.247. The van der Waals surface area contributed by atoms with E-state index in [0.29, 0.717) is 51.4 Å². The molecule has 2 aromatic carbocycles. The number of anilines is 1. The minimum Gasteiger partial charge on any atom is -0.373 e. The molecule has 0 amide bonds. The Morgan fingerprint density at radius 1 is 1.22 bits per heavy atom. The average Bonchev–Trinajstić information content (AvgIpc) is 3.22. The van der Waals surface area contributed by atoms with Crippen molar-refractivity contribution in [1.82, 2.24) is 10.1 Å². The molecule has 0 spiro atoms. The SMILES string of the molecule is Cc1cc(C#N)cc2sc(N3C[C@@H]4C[C@H]3C[C@H]4OCc3c(-c4c(Cl)cccc4Cl)noc3C3CC3)nc12. The summed E-state index contributed by atoms with van der Waals surface area (Å²) in [6.45, 7) is 3.40. The highest BCUT2D eigenvalue weighted by Gasteiger charge is 2.46. The van der Waals surface area contributed by atoms with Crippen molar-refractivity contribution in [3.05, 3.63) is 62.8 Å². The van der Waals surface area contributed by atoms with Gasteiger partial charge in [-0.15, -0.1) is 0 Å². The first-order valence-electron chi connectivity index (χ1n) is 12.6. The highest BCUT2D eigenvalue weighted by molar-refractivity contribution is 7.22. The van der Waals surface area contributed by atoms with Crippen LogP contribution in [0, 0.1) is 24.2 Å². The summed E-state index contributed by atoms with van der Waals surface area (Å²) in [5.41, 5.74) is 5.13. The van der Waals surface area contributed by atoms with E-state index in [0.717, 1.165) is 64.5 Å². The topological polar surface area (TPSA) is 75.2 Å². The van der Waals surface area contributed by atoms with Crippen molar-refractivity contribution in [3.8, 4) is 17.3 Å². The van der Waals surface area contributed by atoms with Crippen molar-refractivity contribution < 1.29 is 9.26 Å². The van der Waals surface area contributed by atoms with E-state index in [2.05, 4.69) is 16.1 Å². The van der Waals surface area contributed by atoms with Gasteiger partial charge in [0.15, 0.2) is 5.13 Å². The van der Waals surface area contributed by atoms with Crippen molar-refractivity contribution in [2.24, 2.45) is 5.92 Å². The maximum absolute atomic E-state index is 9.32. The molecule has 1 aliphatic heterocycles. The highest BCUT2D eigenvalue weighted by Crippen LogP contribution is 2.48. The number of hydrogen-bond acceptors (Lipinski definition) is 7. The van der Waals surface area contributed by atoms with Crippen LogP contribution >= 0.6 is 34.5 Å². The molecule has 0 N–H and O–H groups in total. The Bertz CT molecular complexity index is 1550. The predicted molar refractivity (Wildman–Crippen MR) is 145 cm³/mol. The molecule has 3 aliphatic rings. The first-order chi connectivity index (χ1) is 18.0. The van der Waals surface area contributed by atoms with Crippen molar-refractivity contribution in [2.45, 2.75) is 57.3 Å². The highest BCUT2D eigenvalue weighted by atomic mass is 35.5. The first kappa shape index (κ1) is 23.5. The summed E-state index contributed by atoms with van der Waals surface area (Å²) in [5, 5.41) is 15.9. The molecule has 2 aromatic heterocycles. The number of fused-ring (bicyclic) bond motifs is 3. The molecule has 2 bridgehead atoms. The zero-order valence-electron chi connectivity index (χ0n) is 20.2. The fourth-order valence-electron chi connectivity index (χ4n) is 5.96. The second kappa shape index (κ2) is 8.99. The van der Waals surface area contributed by atoms with Crippen LogP contribution in [-0.4, -0.2) is 28.8 Å². The summed E-state index contributed by atoms with van der Waals surface area (Å²) in [6.07, 6.45) is 4.47. The summed E-state index contributed by atoms with van der Waals surface area (Å²) < 4.78 is 13.5. The second-order valence-corrected chi connectivity index (χ2v) is 12.2. The fourth-order valence-corrected chi connectivity index (χ4v) is 7.70. The van der Waals surface area contributed by atoms with E-state index in [9.17, 15) is 5.26 Å². The minimum absolute atomic E-state index is 0.180. The third-order valence-electron chi connectivity index (χ3n) is 7.93. The zero-order chi connectivity index (χ0) is 25.3.